The van der Waals surface area contributed by atoms with Gasteiger partial charge in [0.2, 0.25) is 0 Å². The zero-order chi connectivity index (χ0) is 42.9. The molecule has 2 nitrogen and oxygen atoms in total. The van der Waals surface area contributed by atoms with Gasteiger partial charge in [0.05, 0.1) is 11.4 Å². The summed E-state index contributed by atoms with van der Waals surface area (Å²) in [5.74, 6) is 0. The predicted molar refractivity (Wildman–Crippen MR) is 281 cm³/mol. The van der Waals surface area contributed by atoms with Crippen LogP contribution >= 0.6 is 0 Å². The zero-order valence-electron chi connectivity index (χ0n) is 36.5. The first kappa shape index (κ1) is 37.3. The quantitative estimate of drug-likeness (QED) is 0.0934. The van der Waals surface area contributed by atoms with Crippen molar-refractivity contribution in [2.75, 3.05) is 9.80 Å². The van der Waals surface area contributed by atoms with Crippen molar-refractivity contribution in [2.24, 2.45) is 0 Å². The van der Waals surface area contributed by atoms with Gasteiger partial charge in [-0.3, -0.25) is 0 Å². The highest BCUT2D eigenvalue weighted by atomic mass is 28.3. The molecular weight excluding hydrogens is 805 g/mol. The average Bonchev–Trinajstić information content (AvgIpc) is 3.72. The summed E-state index contributed by atoms with van der Waals surface area (Å²) in [6, 6.07) is 77.8. The Bertz CT molecular complexity index is 3440. The minimum atomic E-state index is -2.09. The Morgan fingerprint density at radius 2 is 0.625 bits per heavy atom. The van der Waals surface area contributed by atoms with Crippen LogP contribution in [0.4, 0.5) is 34.1 Å². The number of rotatable bonds is 6. The Hall–Kier alpha value is -7.25. The van der Waals surface area contributed by atoms with E-state index in [0.29, 0.717) is 0 Å². The first-order valence-electron chi connectivity index (χ1n) is 22.6. The Morgan fingerprint density at radius 3 is 1.06 bits per heavy atom. The third kappa shape index (κ3) is 5.06. The molecule has 0 saturated heterocycles. The maximum absolute atomic E-state index is 2.57. The van der Waals surface area contributed by atoms with Gasteiger partial charge in [0, 0.05) is 44.3 Å². The highest BCUT2D eigenvalue weighted by Crippen LogP contribution is 2.51. The number of fused-ring (bicyclic) bond motifs is 9. The molecule has 0 aliphatic carbocycles. The molecule has 0 saturated carbocycles. The lowest BCUT2D eigenvalue weighted by atomic mass is 9.87. The Kier molecular flexibility index (Phi) is 7.95. The second-order valence-corrected chi connectivity index (χ2v) is 27.4. The summed E-state index contributed by atoms with van der Waals surface area (Å²) < 4.78 is 0. The normalized spacial score (nSPS) is 14.2. The average molecular weight is 851 g/mol. The van der Waals surface area contributed by atoms with Crippen LogP contribution in [0, 0.1) is 0 Å². The molecule has 0 unspecified atom stereocenters. The smallest absolute Gasteiger partial charge is 0.116 e. The van der Waals surface area contributed by atoms with Crippen LogP contribution in [0.5, 0.6) is 0 Å². The molecule has 0 fully saturated rings. The van der Waals surface area contributed by atoms with Crippen molar-refractivity contribution in [1.82, 2.24) is 0 Å². The summed E-state index contributed by atoms with van der Waals surface area (Å²) in [6.07, 6.45) is 0. The van der Waals surface area contributed by atoms with Crippen LogP contribution < -0.4 is 30.5 Å². The molecular formula is C60H46N2Si2. The number of para-hydroxylation sites is 2. The van der Waals surface area contributed by atoms with Gasteiger partial charge in [0.1, 0.15) is 16.1 Å². The third-order valence-electron chi connectivity index (χ3n) is 14.7. The van der Waals surface area contributed by atoms with E-state index in [-0.39, 0.29) is 0 Å². The fourth-order valence-electron chi connectivity index (χ4n) is 12.0. The Labute approximate surface area is 376 Å². The molecule has 0 aromatic heterocycles. The van der Waals surface area contributed by atoms with Crippen LogP contribution in [0.15, 0.2) is 206 Å². The fourth-order valence-corrected chi connectivity index (χ4v) is 18.8. The molecule has 2 aliphatic heterocycles. The molecule has 2 heterocycles. The van der Waals surface area contributed by atoms with Gasteiger partial charge in [-0.15, -0.1) is 0 Å². The van der Waals surface area contributed by atoms with E-state index in [9.17, 15) is 0 Å². The minimum Gasteiger partial charge on any atom is -0.310 e. The van der Waals surface area contributed by atoms with Gasteiger partial charge in [-0.25, -0.2) is 0 Å². The molecule has 0 bridgehead atoms. The van der Waals surface area contributed by atoms with E-state index < -0.39 is 16.1 Å². The minimum absolute atomic E-state index is 1.17. The largest absolute Gasteiger partial charge is 0.310 e. The van der Waals surface area contributed by atoms with Gasteiger partial charge in [0.15, 0.2) is 0 Å². The highest BCUT2D eigenvalue weighted by molar-refractivity contribution is 7.05. The molecule has 4 heteroatoms. The molecule has 64 heavy (non-hydrogen) atoms. The molecule has 0 atom stereocenters. The van der Waals surface area contributed by atoms with E-state index >= 15 is 0 Å². The number of hydrogen-bond acceptors (Lipinski definition) is 2. The summed E-state index contributed by atoms with van der Waals surface area (Å²) in [5.41, 5.74) is 12.8. The standard InChI is InChI=1S/C60H46N2Si2/c1-63(2)55-31-15-13-25-43(55)47-27-17-29-53(59(47)63)61(39-19-7-5-8-20-39)51-37-35-45-41-23-11-12-24-42(41)46-36-38-52(50-34-33-49(51)57(45)58(46)50)62(40-21-9-6-10-22-40)54-30-18-28-48-44-26-14-16-32-56(44)64(3,4)60(48)54/h5-38H,1-4H3. The van der Waals surface area contributed by atoms with Crippen LogP contribution in [0.25, 0.3) is 65.3 Å². The number of benzene rings is 11. The van der Waals surface area contributed by atoms with Crippen molar-refractivity contribution in [2.45, 2.75) is 26.2 Å². The van der Waals surface area contributed by atoms with Gasteiger partial charge in [0.25, 0.3) is 0 Å². The molecule has 0 radical (unpaired) electrons. The second kappa shape index (κ2) is 13.6. The van der Waals surface area contributed by atoms with Crippen LogP contribution in [0.1, 0.15) is 0 Å². The SMILES string of the molecule is C[Si]1(C)c2ccccc2-c2cccc(N(c3ccccc3)c3ccc4c5ccccc5c5ccc(N(c6ccccc6)c6cccc7c6[Si](C)(C)c6ccccc6-7)c6ccc3c4c65)c21. The van der Waals surface area contributed by atoms with E-state index in [2.05, 4.69) is 242 Å². The molecule has 13 rings (SSSR count). The van der Waals surface area contributed by atoms with Crippen LogP contribution in [0.3, 0.4) is 0 Å². The van der Waals surface area contributed by atoms with E-state index in [1.54, 1.807) is 0 Å². The van der Waals surface area contributed by atoms with Crippen LogP contribution in [-0.2, 0) is 0 Å². The first-order valence-corrected chi connectivity index (χ1v) is 28.6. The van der Waals surface area contributed by atoms with E-state index in [1.165, 1.54) is 120 Å². The molecule has 11 aromatic carbocycles. The van der Waals surface area contributed by atoms with Crippen LogP contribution in [0.2, 0.25) is 26.2 Å². The van der Waals surface area contributed by atoms with Crippen molar-refractivity contribution in [3.05, 3.63) is 206 Å². The van der Waals surface area contributed by atoms with Crippen molar-refractivity contribution in [3.63, 3.8) is 0 Å². The molecule has 2 aliphatic rings. The van der Waals surface area contributed by atoms with Crippen molar-refractivity contribution >= 4 is 114 Å². The van der Waals surface area contributed by atoms with Gasteiger partial charge in [-0.05, 0) is 113 Å². The Morgan fingerprint density at radius 1 is 0.266 bits per heavy atom. The maximum Gasteiger partial charge on any atom is 0.116 e. The van der Waals surface area contributed by atoms with Gasteiger partial charge >= 0.3 is 0 Å². The van der Waals surface area contributed by atoms with Crippen molar-refractivity contribution < 1.29 is 0 Å². The number of hydrogen-bond donors (Lipinski definition) is 0. The number of anilines is 6. The molecule has 11 aromatic rings. The summed E-state index contributed by atoms with van der Waals surface area (Å²) in [5, 5.41) is 16.3. The molecule has 0 spiro atoms. The van der Waals surface area contributed by atoms with Gasteiger partial charge in [-0.1, -0.05) is 184 Å². The summed E-state index contributed by atoms with van der Waals surface area (Å²) in [6.45, 7) is 10.1. The lowest BCUT2D eigenvalue weighted by Gasteiger charge is -2.33. The monoisotopic (exact) mass is 850 g/mol. The summed E-state index contributed by atoms with van der Waals surface area (Å²) in [7, 11) is -4.18. The molecule has 0 amide bonds. The molecule has 304 valence electrons. The van der Waals surface area contributed by atoms with Gasteiger partial charge < -0.3 is 9.80 Å². The lowest BCUT2D eigenvalue weighted by Crippen LogP contribution is -2.50. The van der Waals surface area contributed by atoms with Crippen molar-refractivity contribution in [1.29, 1.82) is 0 Å². The van der Waals surface area contributed by atoms with Crippen LogP contribution in [-0.4, -0.2) is 16.1 Å². The topological polar surface area (TPSA) is 6.48 Å². The first-order chi connectivity index (χ1) is 31.3. The van der Waals surface area contributed by atoms with E-state index in [1.807, 2.05) is 0 Å². The number of nitrogens with zero attached hydrogens (tertiary/aromatic N) is 2. The third-order valence-corrected chi connectivity index (χ3v) is 21.8. The second-order valence-electron chi connectivity index (χ2n) is 18.8. The highest BCUT2D eigenvalue weighted by Gasteiger charge is 2.42. The van der Waals surface area contributed by atoms with E-state index in [0.717, 1.165) is 0 Å². The fraction of sp³-hybridized carbons (Fsp3) is 0.0667. The summed E-state index contributed by atoms with van der Waals surface area (Å²) >= 11 is 0. The lowest BCUT2D eigenvalue weighted by molar-refractivity contribution is 1.31. The van der Waals surface area contributed by atoms with E-state index in [4.69, 9.17) is 0 Å². The summed E-state index contributed by atoms with van der Waals surface area (Å²) in [4.78, 5) is 5.14. The Balaban J connectivity index is 1.12. The van der Waals surface area contributed by atoms with Gasteiger partial charge in [-0.2, -0.15) is 0 Å². The predicted octanol–water partition coefficient (Wildman–Crippen LogP) is 14.3. The zero-order valence-corrected chi connectivity index (χ0v) is 38.5. The molecule has 0 N–H and O–H groups in total. The maximum atomic E-state index is 2.57. The van der Waals surface area contributed by atoms with Crippen molar-refractivity contribution in [3.8, 4) is 22.3 Å².